The number of carbonyl (C=O) groups excluding carboxylic acids is 2. The molecule has 0 radical (unpaired) electrons. The molecule has 5 nitrogen and oxygen atoms in total. The third kappa shape index (κ3) is 4.58. The first kappa shape index (κ1) is 16.5. The minimum Gasteiger partial charge on any atom is -0.491 e. The van der Waals surface area contributed by atoms with Crippen molar-refractivity contribution in [2.75, 3.05) is 18.5 Å². The van der Waals surface area contributed by atoms with Crippen molar-refractivity contribution in [3.05, 3.63) is 46.2 Å². The molecule has 2 heterocycles. The van der Waals surface area contributed by atoms with Gasteiger partial charge < -0.3 is 15.4 Å². The Morgan fingerprint density at radius 1 is 1.29 bits per heavy atom. The van der Waals surface area contributed by atoms with Crippen molar-refractivity contribution in [2.24, 2.45) is 0 Å². The van der Waals surface area contributed by atoms with E-state index in [0.717, 1.165) is 12.0 Å². The number of anilines is 1. The number of thiophene rings is 1. The van der Waals surface area contributed by atoms with Crippen LogP contribution in [0.1, 0.15) is 23.3 Å². The maximum atomic E-state index is 11.9. The van der Waals surface area contributed by atoms with Crippen molar-refractivity contribution in [1.82, 2.24) is 5.32 Å². The number of benzene rings is 1. The van der Waals surface area contributed by atoms with Crippen molar-refractivity contribution < 1.29 is 14.3 Å². The highest BCUT2D eigenvalue weighted by Gasteiger charge is 2.14. The second-order valence-corrected chi connectivity index (χ2v) is 6.69. The molecule has 1 aromatic heterocycles. The molecule has 1 aromatic carbocycles. The van der Waals surface area contributed by atoms with Crippen molar-refractivity contribution in [3.8, 4) is 5.75 Å². The molecule has 1 aliphatic heterocycles. The van der Waals surface area contributed by atoms with E-state index in [1.165, 1.54) is 4.88 Å². The molecule has 0 bridgehead atoms. The van der Waals surface area contributed by atoms with Crippen molar-refractivity contribution in [1.29, 1.82) is 0 Å². The van der Waals surface area contributed by atoms with Crippen molar-refractivity contribution in [3.63, 3.8) is 0 Å². The predicted molar refractivity (Wildman–Crippen MR) is 94.5 cm³/mol. The third-order valence-electron chi connectivity index (χ3n) is 3.82. The number of aryl methyl sites for hydroxylation is 1. The van der Waals surface area contributed by atoms with Crippen LogP contribution >= 0.6 is 11.3 Å². The fourth-order valence-electron chi connectivity index (χ4n) is 2.55. The molecule has 0 unspecified atom stereocenters. The number of hydrogen-bond acceptors (Lipinski definition) is 4. The lowest BCUT2D eigenvalue weighted by molar-refractivity contribution is -0.121. The van der Waals surface area contributed by atoms with Crippen LogP contribution in [0.3, 0.4) is 0 Å². The molecule has 0 fully saturated rings. The van der Waals surface area contributed by atoms with Crippen LogP contribution in [0, 0.1) is 0 Å². The predicted octanol–water partition coefficient (Wildman–Crippen LogP) is 2.76. The molecular weight excluding hydrogens is 324 g/mol. The smallest absolute Gasteiger partial charge is 0.227 e. The first-order valence-corrected chi connectivity index (χ1v) is 8.93. The van der Waals surface area contributed by atoms with Gasteiger partial charge in [0.25, 0.3) is 0 Å². The number of rotatable bonds is 6. The summed E-state index contributed by atoms with van der Waals surface area (Å²) in [6, 6.07) is 9.79. The fourth-order valence-corrected chi connectivity index (χ4v) is 3.26. The van der Waals surface area contributed by atoms with Gasteiger partial charge in [0.1, 0.15) is 5.75 Å². The minimum absolute atomic E-state index is 0.0345. The van der Waals surface area contributed by atoms with Gasteiger partial charge in [0.05, 0.1) is 18.7 Å². The standard InChI is InChI=1S/C18H20N2O3S/c21-17(6-4-14-2-1-11-24-14)19-9-7-13-3-5-16-15(12-13)20-18(22)8-10-23-16/h1-3,5,11-12H,4,6-10H2,(H,19,21)(H,20,22). The molecule has 0 atom stereocenters. The summed E-state index contributed by atoms with van der Waals surface area (Å²) < 4.78 is 5.53. The van der Waals surface area contributed by atoms with E-state index in [9.17, 15) is 9.59 Å². The number of nitrogens with one attached hydrogen (secondary N) is 2. The largest absolute Gasteiger partial charge is 0.491 e. The number of ether oxygens (including phenoxy) is 1. The fraction of sp³-hybridized carbons (Fsp3) is 0.333. The van der Waals surface area contributed by atoms with Gasteiger partial charge >= 0.3 is 0 Å². The third-order valence-corrected chi connectivity index (χ3v) is 4.76. The van der Waals surface area contributed by atoms with Gasteiger partial charge in [0, 0.05) is 17.8 Å². The Morgan fingerprint density at radius 2 is 2.21 bits per heavy atom. The summed E-state index contributed by atoms with van der Waals surface area (Å²) in [7, 11) is 0. The van der Waals surface area contributed by atoms with Gasteiger partial charge in [-0.15, -0.1) is 11.3 Å². The van der Waals surface area contributed by atoms with Gasteiger partial charge in [-0.25, -0.2) is 0 Å². The summed E-state index contributed by atoms with van der Waals surface area (Å²) in [5, 5.41) is 7.81. The quantitative estimate of drug-likeness (QED) is 0.847. The molecule has 0 spiro atoms. The number of fused-ring (bicyclic) bond motifs is 1. The number of amides is 2. The minimum atomic E-state index is -0.0345. The lowest BCUT2D eigenvalue weighted by Gasteiger charge is -2.10. The van der Waals surface area contributed by atoms with Gasteiger partial charge in [-0.2, -0.15) is 0 Å². The zero-order valence-corrected chi connectivity index (χ0v) is 14.2. The van der Waals surface area contributed by atoms with Crippen LogP contribution in [0.15, 0.2) is 35.7 Å². The van der Waals surface area contributed by atoms with Crippen LogP contribution in [0.25, 0.3) is 0 Å². The van der Waals surface area contributed by atoms with E-state index in [0.29, 0.717) is 43.9 Å². The van der Waals surface area contributed by atoms with E-state index in [4.69, 9.17) is 4.74 Å². The second-order valence-electron chi connectivity index (χ2n) is 5.66. The van der Waals surface area contributed by atoms with Gasteiger partial charge in [-0.05, 0) is 42.0 Å². The topological polar surface area (TPSA) is 67.4 Å². The van der Waals surface area contributed by atoms with Crippen LogP contribution in [0.4, 0.5) is 5.69 Å². The average Bonchev–Trinajstić information content (AvgIpc) is 3.01. The molecule has 2 aromatic rings. The zero-order valence-electron chi connectivity index (χ0n) is 13.3. The first-order valence-electron chi connectivity index (χ1n) is 8.05. The van der Waals surface area contributed by atoms with E-state index in [-0.39, 0.29) is 11.8 Å². The van der Waals surface area contributed by atoms with Crippen LogP contribution < -0.4 is 15.4 Å². The monoisotopic (exact) mass is 344 g/mol. The van der Waals surface area contributed by atoms with Gasteiger partial charge in [-0.1, -0.05) is 12.1 Å². The number of hydrogen-bond donors (Lipinski definition) is 2. The number of carbonyl (C=O) groups is 2. The van der Waals surface area contributed by atoms with Crippen LogP contribution in [-0.4, -0.2) is 25.0 Å². The van der Waals surface area contributed by atoms with E-state index < -0.39 is 0 Å². The lowest BCUT2D eigenvalue weighted by Crippen LogP contribution is -2.25. The molecule has 2 amide bonds. The van der Waals surface area contributed by atoms with E-state index in [1.54, 1.807) is 11.3 Å². The summed E-state index contributed by atoms with van der Waals surface area (Å²) in [5.41, 5.74) is 1.76. The van der Waals surface area contributed by atoms with Gasteiger partial charge in [0.2, 0.25) is 11.8 Å². The summed E-state index contributed by atoms with van der Waals surface area (Å²) >= 11 is 1.67. The Labute approximate surface area is 145 Å². The van der Waals surface area contributed by atoms with Crippen molar-refractivity contribution in [2.45, 2.75) is 25.7 Å². The molecule has 2 N–H and O–H groups in total. The van der Waals surface area contributed by atoms with E-state index >= 15 is 0 Å². The van der Waals surface area contributed by atoms with Gasteiger partial charge in [0.15, 0.2) is 0 Å². The molecule has 24 heavy (non-hydrogen) atoms. The Bertz CT molecular complexity index is 713. The lowest BCUT2D eigenvalue weighted by atomic mass is 10.1. The summed E-state index contributed by atoms with van der Waals surface area (Å²) in [5.74, 6) is 0.729. The highest BCUT2D eigenvalue weighted by molar-refractivity contribution is 7.09. The molecule has 0 aliphatic carbocycles. The average molecular weight is 344 g/mol. The molecule has 3 rings (SSSR count). The van der Waals surface area contributed by atoms with Crippen LogP contribution in [0.2, 0.25) is 0 Å². The molecule has 0 saturated carbocycles. The molecular formula is C18H20N2O3S. The van der Waals surface area contributed by atoms with Crippen molar-refractivity contribution >= 4 is 28.8 Å². The highest BCUT2D eigenvalue weighted by Crippen LogP contribution is 2.28. The van der Waals surface area contributed by atoms with E-state index in [1.807, 2.05) is 35.7 Å². The molecule has 126 valence electrons. The first-order chi connectivity index (χ1) is 11.7. The van der Waals surface area contributed by atoms with Crippen LogP contribution in [0.5, 0.6) is 5.75 Å². The Hall–Kier alpha value is -2.34. The summed E-state index contributed by atoms with van der Waals surface area (Å²) in [6.07, 6.45) is 2.37. The summed E-state index contributed by atoms with van der Waals surface area (Å²) in [4.78, 5) is 24.7. The Balaban J connectivity index is 1.46. The SMILES string of the molecule is O=C(CCc1cccs1)NCCc1ccc2c(c1)NC(=O)CCO2. The second kappa shape index (κ2) is 7.97. The normalized spacial score (nSPS) is 13.4. The summed E-state index contributed by atoms with van der Waals surface area (Å²) in [6.45, 7) is 0.981. The maximum absolute atomic E-state index is 11.9. The maximum Gasteiger partial charge on any atom is 0.227 e. The van der Waals surface area contributed by atoms with E-state index in [2.05, 4.69) is 10.6 Å². The molecule has 1 aliphatic rings. The van der Waals surface area contributed by atoms with Crippen LogP contribution in [-0.2, 0) is 22.4 Å². The highest BCUT2D eigenvalue weighted by atomic mass is 32.1. The Morgan fingerprint density at radius 3 is 3.04 bits per heavy atom. The zero-order chi connectivity index (χ0) is 16.8. The molecule has 0 saturated heterocycles. The molecule has 6 heteroatoms. The van der Waals surface area contributed by atoms with Gasteiger partial charge in [-0.3, -0.25) is 9.59 Å². The Kier molecular flexibility index (Phi) is 5.48.